The number of rotatable bonds is 5. The molecule has 3 rings (SSSR count). The predicted molar refractivity (Wildman–Crippen MR) is 100 cm³/mol. The second kappa shape index (κ2) is 7.75. The molecule has 126 valence electrons. The lowest BCUT2D eigenvalue weighted by Crippen LogP contribution is -1.96. The van der Waals surface area contributed by atoms with Crippen molar-refractivity contribution in [2.24, 2.45) is 4.99 Å². The third kappa shape index (κ3) is 4.77. The van der Waals surface area contributed by atoms with E-state index in [4.69, 9.17) is 4.74 Å². The molecule has 3 aromatic carbocycles. The zero-order valence-corrected chi connectivity index (χ0v) is 14.4. The maximum Gasteiger partial charge on any atom is 0.123 e. The van der Waals surface area contributed by atoms with Crippen LogP contribution in [0.5, 0.6) is 5.75 Å². The molecule has 0 atom stereocenters. The quantitative estimate of drug-likeness (QED) is 0.543. The summed E-state index contributed by atoms with van der Waals surface area (Å²) in [6, 6.07) is 20.2. The van der Waals surface area contributed by atoms with Gasteiger partial charge in [-0.15, -0.1) is 0 Å². The summed E-state index contributed by atoms with van der Waals surface area (Å²) in [7, 11) is 0. The Morgan fingerprint density at radius 2 is 1.72 bits per heavy atom. The minimum absolute atomic E-state index is 0.242. The average Bonchev–Trinajstić information content (AvgIpc) is 2.63. The van der Waals surface area contributed by atoms with E-state index in [1.54, 1.807) is 12.1 Å². The van der Waals surface area contributed by atoms with Crippen molar-refractivity contribution in [1.29, 1.82) is 0 Å². The molecule has 0 saturated heterocycles. The van der Waals surface area contributed by atoms with Crippen LogP contribution < -0.4 is 4.74 Å². The van der Waals surface area contributed by atoms with Gasteiger partial charge in [0.2, 0.25) is 0 Å². The highest BCUT2D eigenvalue weighted by Gasteiger charge is 1.99. The van der Waals surface area contributed by atoms with Crippen LogP contribution in [0.1, 0.15) is 22.3 Å². The molecule has 0 aromatic heterocycles. The van der Waals surface area contributed by atoms with Gasteiger partial charge in [-0.05, 0) is 72.5 Å². The molecule has 25 heavy (non-hydrogen) atoms. The molecule has 0 unspecified atom stereocenters. The molecule has 3 aromatic rings. The van der Waals surface area contributed by atoms with Gasteiger partial charge in [0.15, 0.2) is 0 Å². The average molecular weight is 333 g/mol. The summed E-state index contributed by atoms with van der Waals surface area (Å²) in [6.07, 6.45) is 1.83. The Balaban J connectivity index is 1.67. The van der Waals surface area contributed by atoms with Crippen molar-refractivity contribution in [3.63, 3.8) is 0 Å². The van der Waals surface area contributed by atoms with Gasteiger partial charge in [0.05, 0.1) is 5.69 Å². The Kier molecular flexibility index (Phi) is 5.24. The molecule has 0 amide bonds. The number of aryl methyl sites for hydroxylation is 2. The molecule has 3 heteroatoms. The van der Waals surface area contributed by atoms with Crippen LogP contribution in [0.2, 0.25) is 0 Å². The van der Waals surface area contributed by atoms with Gasteiger partial charge >= 0.3 is 0 Å². The molecule has 0 saturated carbocycles. The molecule has 0 aliphatic heterocycles. The zero-order chi connectivity index (χ0) is 17.6. The van der Waals surface area contributed by atoms with Crippen LogP contribution >= 0.6 is 0 Å². The van der Waals surface area contributed by atoms with Crippen molar-refractivity contribution < 1.29 is 9.13 Å². The summed E-state index contributed by atoms with van der Waals surface area (Å²) in [5, 5.41) is 0. The summed E-state index contributed by atoms with van der Waals surface area (Å²) in [5.41, 5.74) is 5.31. The first-order valence-corrected chi connectivity index (χ1v) is 8.19. The van der Waals surface area contributed by atoms with Crippen LogP contribution in [0.3, 0.4) is 0 Å². The van der Waals surface area contributed by atoms with Gasteiger partial charge in [0.25, 0.3) is 0 Å². The van der Waals surface area contributed by atoms with Crippen molar-refractivity contribution >= 4 is 11.9 Å². The number of halogens is 1. The molecule has 0 heterocycles. The van der Waals surface area contributed by atoms with Gasteiger partial charge < -0.3 is 4.74 Å². The molecule has 0 radical (unpaired) electrons. The Morgan fingerprint density at radius 3 is 2.48 bits per heavy atom. The Labute approximate surface area is 147 Å². The number of nitrogens with zero attached hydrogens (tertiary/aromatic N) is 1. The van der Waals surface area contributed by atoms with Crippen LogP contribution in [-0.4, -0.2) is 6.21 Å². The fourth-order valence-corrected chi connectivity index (χ4v) is 2.39. The first-order valence-electron chi connectivity index (χ1n) is 8.19. The SMILES string of the molecule is Cc1ccc(N=Cc2cccc(OCc3ccc(F)cc3)c2)cc1C. The van der Waals surface area contributed by atoms with Crippen LogP contribution in [0, 0.1) is 19.7 Å². The first-order chi connectivity index (χ1) is 12.1. The fourth-order valence-electron chi connectivity index (χ4n) is 2.39. The molecular formula is C22H20FNO. The number of hydrogen-bond donors (Lipinski definition) is 0. The standard InChI is InChI=1S/C22H20FNO/c1-16-6-11-21(12-17(16)2)24-14-19-4-3-5-22(13-19)25-15-18-7-9-20(23)10-8-18/h3-14H,15H2,1-2H3. The molecule has 0 aliphatic rings. The summed E-state index contributed by atoms with van der Waals surface area (Å²) in [4.78, 5) is 4.53. The van der Waals surface area contributed by atoms with E-state index in [0.29, 0.717) is 6.61 Å². The molecular weight excluding hydrogens is 313 g/mol. The third-order valence-electron chi connectivity index (χ3n) is 4.03. The van der Waals surface area contributed by atoms with E-state index in [9.17, 15) is 4.39 Å². The topological polar surface area (TPSA) is 21.6 Å². The second-order valence-electron chi connectivity index (χ2n) is 6.01. The molecule has 0 aliphatic carbocycles. The Hall–Kier alpha value is -2.94. The van der Waals surface area contributed by atoms with E-state index in [-0.39, 0.29) is 5.82 Å². The molecule has 0 fully saturated rings. The normalized spacial score (nSPS) is 11.0. The van der Waals surface area contributed by atoms with E-state index >= 15 is 0 Å². The largest absolute Gasteiger partial charge is 0.489 e. The summed E-state index contributed by atoms with van der Waals surface area (Å²) < 4.78 is 18.7. The van der Waals surface area contributed by atoms with Crippen molar-refractivity contribution in [3.05, 3.63) is 94.8 Å². The van der Waals surface area contributed by atoms with E-state index in [2.05, 4.69) is 31.0 Å². The van der Waals surface area contributed by atoms with Crippen LogP contribution in [0.4, 0.5) is 10.1 Å². The van der Waals surface area contributed by atoms with E-state index in [1.165, 1.54) is 23.3 Å². The lowest BCUT2D eigenvalue weighted by Gasteiger charge is -2.07. The summed E-state index contributed by atoms with van der Waals surface area (Å²) >= 11 is 0. The number of ether oxygens (including phenoxy) is 1. The minimum atomic E-state index is -0.242. The van der Waals surface area contributed by atoms with Gasteiger partial charge in [-0.1, -0.05) is 30.3 Å². The van der Waals surface area contributed by atoms with Crippen LogP contribution in [-0.2, 0) is 6.61 Å². The lowest BCUT2D eigenvalue weighted by atomic mass is 10.1. The maximum atomic E-state index is 12.9. The van der Waals surface area contributed by atoms with E-state index < -0.39 is 0 Å². The highest BCUT2D eigenvalue weighted by molar-refractivity contribution is 5.82. The van der Waals surface area contributed by atoms with Gasteiger partial charge in [0.1, 0.15) is 18.2 Å². The van der Waals surface area contributed by atoms with Crippen molar-refractivity contribution in [3.8, 4) is 5.75 Å². The van der Waals surface area contributed by atoms with Gasteiger partial charge in [-0.25, -0.2) is 4.39 Å². The van der Waals surface area contributed by atoms with Crippen molar-refractivity contribution in [2.75, 3.05) is 0 Å². The monoisotopic (exact) mass is 333 g/mol. The van der Waals surface area contributed by atoms with E-state index in [0.717, 1.165) is 22.6 Å². The number of aliphatic imine (C=N–C) groups is 1. The first kappa shape index (κ1) is 16.9. The smallest absolute Gasteiger partial charge is 0.123 e. The minimum Gasteiger partial charge on any atom is -0.489 e. The second-order valence-corrected chi connectivity index (χ2v) is 6.01. The lowest BCUT2D eigenvalue weighted by molar-refractivity contribution is 0.306. The Bertz CT molecular complexity index is 885. The number of benzene rings is 3. The summed E-state index contributed by atoms with van der Waals surface area (Å²) in [6.45, 7) is 4.57. The predicted octanol–water partition coefficient (Wildman–Crippen LogP) is 5.77. The van der Waals surface area contributed by atoms with Gasteiger partial charge in [-0.3, -0.25) is 4.99 Å². The van der Waals surface area contributed by atoms with Gasteiger partial charge in [0, 0.05) is 6.21 Å². The van der Waals surface area contributed by atoms with Crippen molar-refractivity contribution in [1.82, 2.24) is 0 Å². The highest BCUT2D eigenvalue weighted by Crippen LogP contribution is 2.18. The Morgan fingerprint density at radius 1 is 0.920 bits per heavy atom. The number of hydrogen-bond acceptors (Lipinski definition) is 2. The van der Waals surface area contributed by atoms with Crippen LogP contribution in [0.25, 0.3) is 0 Å². The van der Waals surface area contributed by atoms with Crippen molar-refractivity contribution in [2.45, 2.75) is 20.5 Å². The highest BCUT2D eigenvalue weighted by atomic mass is 19.1. The fraction of sp³-hybridized carbons (Fsp3) is 0.136. The maximum absolute atomic E-state index is 12.9. The molecule has 0 N–H and O–H groups in total. The zero-order valence-electron chi connectivity index (χ0n) is 14.4. The summed E-state index contributed by atoms with van der Waals surface area (Å²) in [5.74, 6) is 0.515. The van der Waals surface area contributed by atoms with E-state index in [1.807, 2.05) is 36.5 Å². The molecule has 0 bridgehead atoms. The van der Waals surface area contributed by atoms with Crippen LogP contribution in [0.15, 0.2) is 71.7 Å². The van der Waals surface area contributed by atoms with Gasteiger partial charge in [-0.2, -0.15) is 0 Å². The third-order valence-corrected chi connectivity index (χ3v) is 4.03. The molecule has 0 spiro atoms. The molecule has 2 nitrogen and oxygen atoms in total.